The van der Waals surface area contributed by atoms with Gasteiger partial charge in [-0.25, -0.2) is 0 Å². The topological polar surface area (TPSA) is 70.5 Å². The van der Waals surface area contributed by atoms with Crippen molar-refractivity contribution in [3.8, 4) is 0 Å². The highest BCUT2D eigenvalue weighted by Crippen LogP contribution is 2.47. The van der Waals surface area contributed by atoms with Crippen LogP contribution in [0.2, 0.25) is 0 Å². The fourth-order valence-corrected chi connectivity index (χ4v) is 3.92. The van der Waals surface area contributed by atoms with Crippen molar-refractivity contribution >= 4 is 0 Å². The van der Waals surface area contributed by atoms with E-state index in [2.05, 4.69) is 13.8 Å². The first-order valence-electron chi connectivity index (χ1n) is 10.2. The van der Waals surface area contributed by atoms with E-state index >= 15 is 0 Å². The Hall–Kier alpha value is -0.160. The fourth-order valence-electron chi connectivity index (χ4n) is 3.92. The molecule has 1 atom stereocenters. The zero-order chi connectivity index (χ0) is 18.3. The smallest absolute Gasteiger partial charge is 0.171 e. The van der Waals surface area contributed by atoms with Crippen molar-refractivity contribution in [2.45, 2.75) is 97.7 Å². The lowest BCUT2D eigenvalue weighted by Gasteiger charge is -2.48. The van der Waals surface area contributed by atoms with Crippen LogP contribution in [0.4, 0.5) is 0 Å². The van der Waals surface area contributed by atoms with Crippen molar-refractivity contribution < 1.29 is 9.47 Å². The van der Waals surface area contributed by atoms with E-state index in [1.165, 1.54) is 38.5 Å². The van der Waals surface area contributed by atoms with Crippen LogP contribution in [-0.2, 0) is 9.47 Å². The van der Waals surface area contributed by atoms with Crippen LogP contribution in [0.5, 0.6) is 0 Å². The molecule has 0 radical (unpaired) electrons. The van der Waals surface area contributed by atoms with E-state index in [0.717, 1.165) is 25.7 Å². The molecule has 0 aliphatic rings. The fraction of sp³-hybridized carbons (Fsp3) is 1.00. The van der Waals surface area contributed by atoms with E-state index in [-0.39, 0.29) is 5.41 Å². The van der Waals surface area contributed by atoms with E-state index in [1.54, 1.807) is 0 Å². The first kappa shape index (κ1) is 23.8. The van der Waals surface area contributed by atoms with Gasteiger partial charge < -0.3 is 20.9 Å². The van der Waals surface area contributed by atoms with Crippen molar-refractivity contribution in [1.29, 1.82) is 0 Å². The average molecular weight is 345 g/mol. The Bertz CT molecular complexity index is 281. The molecule has 0 aromatic carbocycles. The van der Waals surface area contributed by atoms with Gasteiger partial charge in [0, 0.05) is 18.6 Å². The maximum Gasteiger partial charge on any atom is 0.171 e. The van der Waals surface area contributed by atoms with Crippen LogP contribution in [-0.4, -0.2) is 32.1 Å². The Balaban J connectivity index is 5.06. The Morgan fingerprint density at radius 3 is 1.71 bits per heavy atom. The van der Waals surface area contributed by atoms with E-state index in [4.69, 9.17) is 20.9 Å². The first-order chi connectivity index (χ1) is 11.6. The molecule has 4 N–H and O–H groups in total. The first-order valence-corrected chi connectivity index (χ1v) is 10.2. The van der Waals surface area contributed by atoms with Crippen molar-refractivity contribution in [3.05, 3.63) is 0 Å². The lowest BCUT2D eigenvalue weighted by Crippen LogP contribution is -2.51. The predicted molar refractivity (Wildman–Crippen MR) is 104 cm³/mol. The zero-order valence-electron chi connectivity index (χ0n) is 16.9. The second kappa shape index (κ2) is 14.1. The third-order valence-electron chi connectivity index (χ3n) is 5.29. The largest absolute Gasteiger partial charge is 0.350 e. The quantitative estimate of drug-likeness (QED) is 0.299. The molecule has 0 saturated carbocycles. The van der Waals surface area contributed by atoms with Crippen molar-refractivity contribution in [3.63, 3.8) is 0 Å². The van der Waals surface area contributed by atoms with Gasteiger partial charge >= 0.3 is 0 Å². The summed E-state index contributed by atoms with van der Waals surface area (Å²) >= 11 is 0. The molecule has 24 heavy (non-hydrogen) atoms. The highest BCUT2D eigenvalue weighted by atomic mass is 16.7. The Kier molecular flexibility index (Phi) is 14.0. The molecule has 0 amide bonds. The van der Waals surface area contributed by atoms with Crippen LogP contribution in [0.25, 0.3) is 0 Å². The van der Waals surface area contributed by atoms with Crippen LogP contribution in [0.15, 0.2) is 0 Å². The molecule has 0 heterocycles. The Morgan fingerprint density at radius 1 is 0.667 bits per heavy atom. The summed E-state index contributed by atoms with van der Waals surface area (Å²) in [4.78, 5) is 0. The van der Waals surface area contributed by atoms with Gasteiger partial charge in [-0.15, -0.1) is 0 Å². The van der Waals surface area contributed by atoms with Crippen LogP contribution < -0.4 is 11.5 Å². The minimum atomic E-state index is -0.575. The van der Waals surface area contributed by atoms with Crippen molar-refractivity contribution in [2.24, 2.45) is 16.9 Å². The molecule has 0 spiro atoms. The van der Waals surface area contributed by atoms with Crippen LogP contribution >= 0.6 is 0 Å². The number of unbranched alkanes of at least 4 members (excludes halogenated alkanes) is 5. The minimum Gasteiger partial charge on any atom is -0.350 e. The number of nitrogens with two attached hydrogens (primary N) is 2. The average Bonchev–Trinajstić information content (AvgIpc) is 2.56. The molecular weight excluding hydrogens is 300 g/mol. The number of hydrogen-bond acceptors (Lipinski definition) is 4. The molecule has 4 nitrogen and oxygen atoms in total. The summed E-state index contributed by atoms with van der Waals surface area (Å²) < 4.78 is 12.3. The van der Waals surface area contributed by atoms with Gasteiger partial charge in [-0.2, -0.15) is 0 Å². The van der Waals surface area contributed by atoms with Gasteiger partial charge in [-0.3, -0.25) is 0 Å². The summed E-state index contributed by atoms with van der Waals surface area (Å²) in [6.07, 6.45) is 11.8. The summed E-state index contributed by atoms with van der Waals surface area (Å²) in [5.41, 5.74) is 11.8. The maximum atomic E-state index is 6.16. The molecule has 0 fully saturated rings. The normalized spacial score (nSPS) is 14.8. The minimum absolute atomic E-state index is 0.0438. The van der Waals surface area contributed by atoms with Crippen molar-refractivity contribution in [1.82, 2.24) is 0 Å². The molecule has 0 bridgehead atoms. The number of rotatable bonds is 17. The molecule has 0 unspecified atom stereocenters. The summed E-state index contributed by atoms with van der Waals surface area (Å²) in [5, 5.41) is 0. The lowest BCUT2D eigenvalue weighted by atomic mass is 9.69. The van der Waals surface area contributed by atoms with Crippen LogP contribution in [0.1, 0.15) is 91.9 Å². The predicted octanol–water partition coefficient (Wildman–Crippen LogP) is 4.60. The summed E-state index contributed by atoms with van der Waals surface area (Å²) in [7, 11) is 0. The highest BCUT2D eigenvalue weighted by Gasteiger charge is 2.48. The van der Waals surface area contributed by atoms with Crippen LogP contribution in [0, 0.1) is 5.41 Å². The van der Waals surface area contributed by atoms with Gasteiger partial charge in [-0.05, 0) is 59.5 Å². The van der Waals surface area contributed by atoms with E-state index in [9.17, 15) is 0 Å². The molecule has 0 saturated heterocycles. The summed E-state index contributed by atoms with van der Waals surface area (Å²) in [6, 6.07) is 0. The molecule has 0 aliphatic heterocycles. The summed E-state index contributed by atoms with van der Waals surface area (Å²) in [6.45, 7) is 11.1. The van der Waals surface area contributed by atoms with E-state index in [0.29, 0.717) is 26.3 Å². The monoisotopic (exact) mass is 344 g/mol. The zero-order valence-corrected chi connectivity index (χ0v) is 16.9. The summed E-state index contributed by atoms with van der Waals surface area (Å²) in [5.74, 6) is -0.575. The van der Waals surface area contributed by atoms with Crippen LogP contribution in [0.3, 0.4) is 0 Å². The SMILES string of the molecule is CCCCCCCC[C@](CCN)(CCCN)C(C)(OCC)OCC. The number of ether oxygens (including phenoxy) is 2. The van der Waals surface area contributed by atoms with Gasteiger partial charge in [-0.1, -0.05) is 45.4 Å². The Labute approximate surface area is 151 Å². The van der Waals surface area contributed by atoms with Gasteiger partial charge in [0.15, 0.2) is 5.79 Å². The van der Waals surface area contributed by atoms with Gasteiger partial charge in [0.2, 0.25) is 0 Å². The second-order valence-electron chi connectivity index (χ2n) is 7.04. The molecule has 0 rings (SSSR count). The van der Waals surface area contributed by atoms with Crippen molar-refractivity contribution in [2.75, 3.05) is 26.3 Å². The highest BCUT2D eigenvalue weighted by molar-refractivity contribution is 4.92. The number of hydrogen-bond donors (Lipinski definition) is 2. The lowest BCUT2D eigenvalue weighted by molar-refractivity contribution is -0.292. The maximum absolute atomic E-state index is 6.16. The third kappa shape index (κ3) is 7.81. The second-order valence-corrected chi connectivity index (χ2v) is 7.04. The molecule has 0 aliphatic carbocycles. The molecule has 4 heteroatoms. The Morgan fingerprint density at radius 2 is 1.21 bits per heavy atom. The van der Waals surface area contributed by atoms with Gasteiger partial charge in [0.1, 0.15) is 0 Å². The van der Waals surface area contributed by atoms with Gasteiger partial charge in [0.25, 0.3) is 0 Å². The standard InChI is InChI=1S/C20H44N2O2/c1-5-8-9-10-11-12-14-20(16-18-22,15-13-17-21)19(4,23-6-2)24-7-3/h5-18,21-22H2,1-4H3/t20-/m1/s1. The molecule has 0 aromatic rings. The van der Waals surface area contributed by atoms with E-state index in [1.807, 2.05) is 13.8 Å². The third-order valence-corrected chi connectivity index (χ3v) is 5.29. The van der Waals surface area contributed by atoms with Gasteiger partial charge in [0.05, 0.1) is 0 Å². The molecular formula is C20H44N2O2. The molecule has 0 aromatic heterocycles. The van der Waals surface area contributed by atoms with E-state index < -0.39 is 5.79 Å². The molecule has 146 valence electrons.